The van der Waals surface area contributed by atoms with E-state index < -0.39 is 30.4 Å². The number of nitriles is 1. The lowest BCUT2D eigenvalue weighted by Crippen LogP contribution is -2.23. The van der Waals surface area contributed by atoms with Gasteiger partial charge in [0.2, 0.25) is 0 Å². The molecule has 0 bridgehead atoms. The third-order valence-electron chi connectivity index (χ3n) is 2.57. The summed E-state index contributed by atoms with van der Waals surface area (Å²) in [6.07, 6.45) is -4.00. The van der Waals surface area contributed by atoms with Gasteiger partial charge in [-0.15, -0.1) is 0 Å². The Hall–Kier alpha value is -2.23. The van der Waals surface area contributed by atoms with Crippen molar-refractivity contribution in [3.8, 4) is 6.07 Å². The highest BCUT2D eigenvalue weighted by molar-refractivity contribution is 5.98. The Balaban J connectivity index is 3.03. The first-order chi connectivity index (χ1) is 8.97. The number of hydrogen-bond donors (Lipinski definition) is 3. The molecule has 0 aliphatic carbocycles. The lowest BCUT2D eigenvalue weighted by molar-refractivity contribution is -0.141. The van der Waals surface area contributed by atoms with E-state index in [0.29, 0.717) is 0 Å². The number of carbonyl (C=O) groups is 2. The van der Waals surface area contributed by atoms with Crippen LogP contribution in [0.15, 0.2) is 24.3 Å². The molecule has 1 aromatic rings. The van der Waals surface area contributed by atoms with Crippen molar-refractivity contribution in [2.45, 2.75) is 25.0 Å². The van der Waals surface area contributed by atoms with Crippen molar-refractivity contribution in [2.75, 3.05) is 0 Å². The highest BCUT2D eigenvalue weighted by atomic mass is 16.4. The average Bonchev–Trinajstić information content (AvgIpc) is 2.37. The first kappa shape index (κ1) is 14.8. The molecule has 0 saturated carbocycles. The number of carboxylic acid groups (broad SMARTS) is 1. The van der Waals surface area contributed by atoms with Gasteiger partial charge in [0.15, 0.2) is 5.78 Å². The fraction of sp³-hybridized carbons (Fsp3) is 0.308. The maximum absolute atomic E-state index is 11.7. The number of nitrogens with zero attached hydrogens (tertiary/aromatic N) is 1. The zero-order chi connectivity index (χ0) is 14.4. The van der Waals surface area contributed by atoms with Gasteiger partial charge in [-0.2, -0.15) is 5.26 Å². The summed E-state index contributed by atoms with van der Waals surface area (Å²) in [5.74, 6) is -1.74. The minimum atomic E-state index is -1.52. The molecule has 2 unspecified atom stereocenters. The number of rotatable bonds is 6. The fourth-order valence-corrected chi connectivity index (χ4v) is 1.67. The summed E-state index contributed by atoms with van der Waals surface area (Å²) < 4.78 is 0. The van der Waals surface area contributed by atoms with E-state index in [1.54, 1.807) is 18.2 Å². The lowest BCUT2D eigenvalue weighted by atomic mass is 9.94. The third-order valence-corrected chi connectivity index (χ3v) is 2.57. The minimum absolute atomic E-state index is 0.112. The summed E-state index contributed by atoms with van der Waals surface area (Å²) >= 11 is 0. The number of hydrogen-bond acceptors (Lipinski definition) is 5. The Morgan fingerprint density at radius 3 is 2.47 bits per heavy atom. The zero-order valence-electron chi connectivity index (χ0n) is 9.98. The van der Waals surface area contributed by atoms with Gasteiger partial charge in [-0.05, 0) is 5.56 Å². The van der Waals surface area contributed by atoms with Crippen molar-refractivity contribution < 1.29 is 24.9 Å². The van der Waals surface area contributed by atoms with E-state index in [1.165, 1.54) is 12.1 Å². The first-order valence-corrected chi connectivity index (χ1v) is 5.54. The maximum Gasteiger partial charge on any atom is 0.306 e. The van der Waals surface area contributed by atoms with Crippen LogP contribution >= 0.6 is 0 Å². The third kappa shape index (κ3) is 3.88. The second-order valence-corrected chi connectivity index (χ2v) is 3.96. The largest absolute Gasteiger partial charge is 0.481 e. The van der Waals surface area contributed by atoms with Crippen molar-refractivity contribution >= 4 is 11.8 Å². The molecular formula is C13H13NO5. The normalized spacial score (nSPS) is 13.3. The second-order valence-electron chi connectivity index (χ2n) is 3.96. The van der Waals surface area contributed by atoms with E-state index in [4.69, 9.17) is 10.4 Å². The van der Waals surface area contributed by atoms with Gasteiger partial charge < -0.3 is 15.3 Å². The van der Waals surface area contributed by atoms with Gasteiger partial charge in [0, 0.05) is 5.56 Å². The van der Waals surface area contributed by atoms with Gasteiger partial charge in [0.05, 0.1) is 25.0 Å². The Morgan fingerprint density at radius 1 is 1.26 bits per heavy atom. The van der Waals surface area contributed by atoms with Crippen molar-refractivity contribution in [1.82, 2.24) is 0 Å². The lowest BCUT2D eigenvalue weighted by Gasteiger charge is -2.18. The number of aliphatic hydroxyl groups excluding tert-OH is 2. The van der Waals surface area contributed by atoms with E-state index in [2.05, 4.69) is 0 Å². The molecule has 19 heavy (non-hydrogen) atoms. The fourth-order valence-electron chi connectivity index (χ4n) is 1.67. The summed E-state index contributed by atoms with van der Waals surface area (Å²) in [6, 6.07) is 7.66. The molecule has 0 fully saturated rings. The van der Waals surface area contributed by atoms with Crippen LogP contribution in [0.3, 0.4) is 0 Å². The van der Waals surface area contributed by atoms with E-state index in [-0.39, 0.29) is 17.5 Å². The molecule has 2 atom stereocenters. The molecule has 0 aliphatic heterocycles. The summed E-state index contributed by atoms with van der Waals surface area (Å²) in [5, 5.41) is 36.5. The molecule has 0 aliphatic rings. The molecule has 3 N–H and O–H groups in total. The Morgan fingerprint density at radius 2 is 1.89 bits per heavy atom. The number of carboxylic acids is 1. The van der Waals surface area contributed by atoms with Crippen LogP contribution in [0.25, 0.3) is 0 Å². The molecule has 6 heteroatoms. The molecule has 0 heterocycles. The molecule has 0 saturated heterocycles. The highest BCUT2D eigenvalue weighted by Crippen LogP contribution is 2.23. The SMILES string of the molecule is N#CCC(=O)c1ccccc1C(O)C(O)CC(=O)O. The Bertz CT molecular complexity index is 520. The quantitative estimate of drug-likeness (QED) is 0.648. The molecule has 0 aromatic heterocycles. The van der Waals surface area contributed by atoms with Crippen LogP contribution in [0.1, 0.15) is 34.9 Å². The Labute approximate surface area is 109 Å². The van der Waals surface area contributed by atoms with Gasteiger partial charge in [-0.25, -0.2) is 0 Å². The maximum atomic E-state index is 11.7. The molecule has 6 nitrogen and oxygen atoms in total. The van der Waals surface area contributed by atoms with Crippen LogP contribution in [-0.4, -0.2) is 33.2 Å². The van der Waals surface area contributed by atoms with Crippen LogP contribution in [-0.2, 0) is 4.79 Å². The van der Waals surface area contributed by atoms with E-state index in [9.17, 15) is 19.8 Å². The monoisotopic (exact) mass is 263 g/mol. The number of aliphatic hydroxyl groups is 2. The first-order valence-electron chi connectivity index (χ1n) is 5.54. The molecule has 0 spiro atoms. The van der Waals surface area contributed by atoms with Crippen molar-refractivity contribution in [3.05, 3.63) is 35.4 Å². The Kier molecular flexibility index (Phi) is 5.18. The number of ketones is 1. The average molecular weight is 263 g/mol. The van der Waals surface area contributed by atoms with Crippen LogP contribution < -0.4 is 0 Å². The summed E-state index contributed by atoms with van der Waals surface area (Å²) in [6.45, 7) is 0. The van der Waals surface area contributed by atoms with Crippen molar-refractivity contribution in [2.24, 2.45) is 0 Å². The van der Waals surface area contributed by atoms with Gasteiger partial charge in [-0.1, -0.05) is 24.3 Å². The van der Waals surface area contributed by atoms with Gasteiger partial charge in [-0.3, -0.25) is 9.59 Å². The predicted molar refractivity (Wildman–Crippen MR) is 64.2 cm³/mol. The second kappa shape index (κ2) is 6.64. The van der Waals surface area contributed by atoms with Crippen molar-refractivity contribution in [3.63, 3.8) is 0 Å². The smallest absolute Gasteiger partial charge is 0.306 e. The minimum Gasteiger partial charge on any atom is -0.481 e. The zero-order valence-corrected chi connectivity index (χ0v) is 9.98. The van der Waals surface area contributed by atoms with Crippen LogP contribution in [0, 0.1) is 11.3 Å². The summed E-state index contributed by atoms with van der Waals surface area (Å²) in [4.78, 5) is 22.2. The molecule has 1 rings (SSSR count). The summed E-state index contributed by atoms with van der Waals surface area (Å²) in [5.41, 5.74) is 0.234. The van der Waals surface area contributed by atoms with Gasteiger partial charge >= 0.3 is 5.97 Å². The highest BCUT2D eigenvalue weighted by Gasteiger charge is 2.25. The van der Waals surface area contributed by atoms with Gasteiger partial charge in [0.25, 0.3) is 0 Å². The molecule has 0 radical (unpaired) electrons. The molecule has 0 amide bonds. The topological polar surface area (TPSA) is 119 Å². The van der Waals surface area contributed by atoms with Crippen LogP contribution in [0.4, 0.5) is 0 Å². The molecule has 1 aromatic carbocycles. The van der Waals surface area contributed by atoms with Crippen LogP contribution in [0.2, 0.25) is 0 Å². The standard InChI is InChI=1S/C13H13NO5/c14-6-5-10(15)8-3-1-2-4-9(8)13(19)11(16)7-12(17)18/h1-4,11,13,16,19H,5,7H2,(H,17,18). The van der Waals surface area contributed by atoms with Gasteiger partial charge in [0.1, 0.15) is 6.10 Å². The van der Waals surface area contributed by atoms with E-state index in [0.717, 1.165) is 0 Å². The molecular weight excluding hydrogens is 250 g/mol. The molecule has 100 valence electrons. The van der Waals surface area contributed by atoms with E-state index >= 15 is 0 Å². The number of Topliss-reactive ketones (excluding diaryl/α,β-unsaturated/α-hetero) is 1. The van der Waals surface area contributed by atoms with Crippen LogP contribution in [0.5, 0.6) is 0 Å². The number of carbonyl (C=O) groups excluding carboxylic acids is 1. The summed E-state index contributed by atoms with van der Waals surface area (Å²) in [7, 11) is 0. The number of aliphatic carboxylic acids is 1. The predicted octanol–water partition coefficient (Wildman–Crippen LogP) is 0.652. The van der Waals surface area contributed by atoms with E-state index in [1.807, 2.05) is 0 Å². The number of benzene rings is 1. The van der Waals surface area contributed by atoms with Crippen molar-refractivity contribution in [1.29, 1.82) is 5.26 Å².